The third-order valence-electron chi connectivity index (χ3n) is 5.69. The zero-order valence-electron chi connectivity index (χ0n) is 16.4. The summed E-state index contributed by atoms with van der Waals surface area (Å²) in [4.78, 5) is 33.8. The molecule has 1 aliphatic carbocycles. The molecule has 1 aromatic carbocycles. The number of hydrogen-bond donors (Lipinski definition) is 0. The zero-order valence-corrected chi connectivity index (χ0v) is 16.4. The Labute approximate surface area is 160 Å². The second-order valence-electron chi connectivity index (χ2n) is 8.13. The van der Waals surface area contributed by atoms with Crippen molar-refractivity contribution in [3.63, 3.8) is 0 Å². The second-order valence-corrected chi connectivity index (χ2v) is 8.13. The summed E-state index contributed by atoms with van der Waals surface area (Å²) in [6, 6.07) is 5.84. The van der Waals surface area contributed by atoms with Gasteiger partial charge in [0.2, 0.25) is 5.91 Å². The first kappa shape index (κ1) is 18.0. The van der Waals surface area contributed by atoms with Gasteiger partial charge in [0.15, 0.2) is 0 Å². The van der Waals surface area contributed by atoms with Gasteiger partial charge in [-0.2, -0.15) is 0 Å². The Morgan fingerprint density at radius 1 is 1.07 bits per heavy atom. The molecule has 1 aromatic heterocycles. The molecule has 1 aliphatic heterocycles. The van der Waals surface area contributed by atoms with Crippen LogP contribution in [0.4, 0.5) is 0 Å². The Morgan fingerprint density at radius 3 is 2.48 bits per heavy atom. The van der Waals surface area contributed by atoms with Gasteiger partial charge in [0.1, 0.15) is 5.82 Å². The van der Waals surface area contributed by atoms with E-state index in [-0.39, 0.29) is 17.7 Å². The Morgan fingerprint density at radius 2 is 1.78 bits per heavy atom. The third kappa shape index (κ3) is 3.45. The number of benzene rings is 1. The van der Waals surface area contributed by atoms with Crippen LogP contribution in [0.1, 0.15) is 55.2 Å². The van der Waals surface area contributed by atoms with Gasteiger partial charge in [-0.25, -0.2) is 4.98 Å². The number of amides is 2. The number of hydrogen-bond acceptors (Lipinski definition) is 3. The number of nitrogens with zero attached hydrogens (tertiary/aromatic N) is 4. The lowest BCUT2D eigenvalue weighted by atomic mass is 10.1. The van der Waals surface area contributed by atoms with Gasteiger partial charge in [-0.3, -0.25) is 9.59 Å². The quantitative estimate of drug-likeness (QED) is 0.837. The standard InChI is InChI=1S/C21H28N4O2/c1-14(2)20(26)24-9-4-10-25(12-11-24)21(27)16-7-8-18-17(13-16)22-19(23(18)3)15-5-6-15/h7-8,13-15H,4-6,9-12H2,1-3H3. The van der Waals surface area contributed by atoms with Crippen molar-refractivity contribution in [3.05, 3.63) is 29.6 Å². The normalized spacial score (nSPS) is 18.2. The lowest BCUT2D eigenvalue weighted by Crippen LogP contribution is -2.38. The summed E-state index contributed by atoms with van der Waals surface area (Å²) in [5, 5.41) is 0. The van der Waals surface area contributed by atoms with Gasteiger partial charge in [-0.1, -0.05) is 13.8 Å². The molecule has 2 aromatic rings. The van der Waals surface area contributed by atoms with E-state index in [1.165, 1.54) is 12.8 Å². The van der Waals surface area contributed by atoms with Crippen LogP contribution in [0, 0.1) is 5.92 Å². The first-order valence-electron chi connectivity index (χ1n) is 10.00. The maximum Gasteiger partial charge on any atom is 0.253 e. The first-order chi connectivity index (χ1) is 13.0. The molecule has 2 amide bonds. The van der Waals surface area contributed by atoms with Crippen LogP contribution in [0.2, 0.25) is 0 Å². The van der Waals surface area contributed by atoms with E-state index in [0.717, 1.165) is 29.8 Å². The Balaban J connectivity index is 1.51. The number of aromatic nitrogens is 2. The fourth-order valence-electron chi connectivity index (χ4n) is 3.95. The minimum absolute atomic E-state index is 0.000484. The molecule has 6 nitrogen and oxygen atoms in total. The van der Waals surface area contributed by atoms with E-state index >= 15 is 0 Å². The van der Waals surface area contributed by atoms with Gasteiger partial charge in [0, 0.05) is 50.6 Å². The minimum Gasteiger partial charge on any atom is -0.341 e. The minimum atomic E-state index is -0.000484. The van der Waals surface area contributed by atoms with Crippen LogP contribution in [-0.4, -0.2) is 57.3 Å². The van der Waals surface area contributed by atoms with Gasteiger partial charge in [0.25, 0.3) is 5.91 Å². The van der Waals surface area contributed by atoms with E-state index < -0.39 is 0 Å². The van der Waals surface area contributed by atoms with Crippen LogP contribution in [0.15, 0.2) is 18.2 Å². The molecule has 27 heavy (non-hydrogen) atoms. The summed E-state index contributed by atoms with van der Waals surface area (Å²) in [7, 11) is 2.06. The smallest absolute Gasteiger partial charge is 0.253 e. The number of carbonyl (C=O) groups excluding carboxylic acids is 2. The molecule has 2 heterocycles. The molecule has 4 rings (SSSR count). The van der Waals surface area contributed by atoms with Crippen LogP contribution in [0.25, 0.3) is 11.0 Å². The van der Waals surface area contributed by atoms with Gasteiger partial charge < -0.3 is 14.4 Å². The van der Waals surface area contributed by atoms with E-state index in [0.29, 0.717) is 31.1 Å². The molecule has 0 spiro atoms. The van der Waals surface area contributed by atoms with E-state index in [1.807, 2.05) is 41.8 Å². The molecule has 0 bridgehead atoms. The first-order valence-corrected chi connectivity index (χ1v) is 10.00. The molecule has 6 heteroatoms. The Hall–Kier alpha value is -2.37. The monoisotopic (exact) mass is 368 g/mol. The second kappa shape index (κ2) is 6.98. The van der Waals surface area contributed by atoms with E-state index in [1.54, 1.807) is 0 Å². The highest BCUT2D eigenvalue weighted by Crippen LogP contribution is 2.40. The number of fused-ring (bicyclic) bond motifs is 1. The average molecular weight is 368 g/mol. The van der Waals surface area contributed by atoms with Gasteiger partial charge in [-0.05, 0) is 37.5 Å². The zero-order chi connectivity index (χ0) is 19.1. The van der Waals surface area contributed by atoms with E-state index in [4.69, 9.17) is 4.98 Å². The van der Waals surface area contributed by atoms with Crippen LogP contribution in [0.5, 0.6) is 0 Å². The molecule has 0 N–H and O–H groups in total. The molecule has 1 saturated carbocycles. The Bertz CT molecular complexity index is 882. The molecule has 144 valence electrons. The number of carbonyl (C=O) groups is 2. The van der Waals surface area contributed by atoms with Crippen LogP contribution in [0.3, 0.4) is 0 Å². The Kier molecular flexibility index (Phi) is 4.66. The molecule has 0 unspecified atom stereocenters. The molecule has 2 aliphatic rings. The van der Waals surface area contributed by atoms with Crippen LogP contribution in [-0.2, 0) is 11.8 Å². The number of imidazole rings is 1. The largest absolute Gasteiger partial charge is 0.341 e. The predicted octanol–water partition coefficient (Wildman–Crippen LogP) is 2.78. The summed E-state index contributed by atoms with van der Waals surface area (Å²) < 4.78 is 2.16. The van der Waals surface area contributed by atoms with Crippen molar-refractivity contribution in [2.75, 3.05) is 26.2 Å². The fraction of sp³-hybridized carbons (Fsp3) is 0.571. The molecule has 2 fully saturated rings. The molecule has 1 saturated heterocycles. The van der Waals surface area contributed by atoms with Gasteiger partial charge in [0.05, 0.1) is 11.0 Å². The van der Waals surface area contributed by atoms with Crippen molar-refractivity contribution in [2.24, 2.45) is 13.0 Å². The van der Waals surface area contributed by atoms with Crippen molar-refractivity contribution >= 4 is 22.8 Å². The van der Waals surface area contributed by atoms with Gasteiger partial charge >= 0.3 is 0 Å². The van der Waals surface area contributed by atoms with Crippen molar-refractivity contribution in [3.8, 4) is 0 Å². The predicted molar refractivity (Wildman–Crippen MR) is 105 cm³/mol. The maximum atomic E-state index is 13.0. The van der Waals surface area contributed by atoms with Crippen molar-refractivity contribution in [1.29, 1.82) is 0 Å². The fourth-order valence-corrected chi connectivity index (χ4v) is 3.95. The lowest BCUT2D eigenvalue weighted by Gasteiger charge is -2.23. The topological polar surface area (TPSA) is 58.4 Å². The van der Waals surface area contributed by atoms with Gasteiger partial charge in [-0.15, -0.1) is 0 Å². The maximum absolute atomic E-state index is 13.0. The number of rotatable bonds is 3. The summed E-state index contributed by atoms with van der Waals surface area (Å²) in [6.07, 6.45) is 3.24. The van der Waals surface area contributed by atoms with Crippen LogP contribution >= 0.6 is 0 Å². The lowest BCUT2D eigenvalue weighted by molar-refractivity contribution is -0.134. The average Bonchev–Trinajstić information content (AvgIpc) is 3.47. The summed E-state index contributed by atoms with van der Waals surface area (Å²) >= 11 is 0. The van der Waals surface area contributed by atoms with E-state index in [9.17, 15) is 9.59 Å². The molecular weight excluding hydrogens is 340 g/mol. The summed E-state index contributed by atoms with van der Waals surface area (Å²) in [5.74, 6) is 1.92. The molecular formula is C21H28N4O2. The highest BCUT2D eigenvalue weighted by Gasteiger charge is 2.29. The summed E-state index contributed by atoms with van der Waals surface area (Å²) in [5.41, 5.74) is 2.67. The van der Waals surface area contributed by atoms with Crippen molar-refractivity contribution < 1.29 is 9.59 Å². The molecule has 0 atom stereocenters. The highest BCUT2D eigenvalue weighted by atomic mass is 16.2. The SMILES string of the molecule is CC(C)C(=O)N1CCCN(C(=O)c2ccc3c(c2)nc(C2CC2)n3C)CC1. The number of aryl methyl sites for hydroxylation is 1. The third-order valence-corrected chi connectivity index (χ3v) is 5.69. The van der Waals surface area contributed by atoms with E-state index in [2.05, 4.69) is 11.6 Å². The molecule has 0 radical (unpaired) electrons. The highest BCUT2D eigenvalue weighted by molar-refractivity contribution is 5.97. The van der Waals surface area contributed by atoms with Crippen molar-refractivity contribution in [2.45, 2.75) is 39.0 Å². The summed E-state index contributed by atoms with van der Waals surface area (Å²) in [6.45, 7) is 6.46. The van der Waals surface area contributed by atoms with Crippen molar-refractivity contribution in [1.82, 2.24) is 19.4 Å². The van der Waals surface area contributed by atoms with Crippen LogP contribution < -0.4 is 0 Å².